The lowest BCUT2D eigenvalue weighted by molar-refractivity contribution is -0.131. The van der Waals surface area contributed by atoms with Crippen molar-refractivity contribution in [3.8, 4) is 0 Å². The number of hydrogen-bond donors (Lipinski definition) is 1. The molecule has 0 unspecified atom stereocenters. The van der Waals surface area contributed by atoms with Crippen molar-refractivity contribution in [3.63, 3.8) is 0 Å². The van der Waals surface area contributed by atoms with Gasteiger partial charge in [0.1, 0.15) is 0 Å². The van der Waals surface area contributed by atoms with E-state index in [0.29, 0.717) is 0 Å². The summed E-state index contributed by atoms with van der Waals surface area (Å²) in [5, 5.41) is 8.43. The predicted molar refractivity (Wildman–Crippen MR) is 57.2 cm³/mol. The highest BCUT2D eigenvalue weighted by atomic mass is 16.4. The van der Waals surface area contributed by atoms with Gasteiger partial charge in [0, 0.05) is 6.08 Å². The molecule has 0 heterocycles. The van der Waals surface area contributed by atoms with Gasteiger partial charge in [0.25, 0.3) is 0 Å². The molecule has 0 radical (unpaired) electrons. The molecule has 1 N–H and O–H groups in total. The molecule has 0 aromatic rings. The van der Waals surface area contributed by atoms with Crippen LogP contribution in [-0.2, 0) is 4.79 Å². The van der Waals surface area contributed by atoms with Gasteiger partial charge in [0.15, 0.2) is 0 Å². The maximum atomic E-state index is 10.2. The van der Waals surface area contributed by atoms with Gasteiger partial charge in [-0.1, -0.05) is 37.0 Å². The maximum Gasteiger partial charge on any atom is 0.328 e. The van der Waals surface area contributed by atoms with Gasteiger partial charge < -0.3 is 5.11 Å². The smallest absolute Gasteiger partial charge is 0.328 e. The highest BCUT2D eigenvalue weighted by molar-refractivity contribution is 5.80. The highest BCUT2D eigenvalue weighted by Gasteiger charge is 2.01. The first-order valence-electron chi connectivity index (χ1n) is 5.38. The van der Waals surface area contributed by atoms with Crippen molar-refractivity contribution >= 4 is 5.97 Å². The second-order valence-corrected chi connectivity index (χ2v) is 3.79. The van der Waals surface area contributed by atoms with E-state index in [4.69, 9.17) is 5.11 Å². The highest BCUT2D eigenvalue weighted by Crippen LogP contribution is 2.21. The van der Waals surface area contributed by atoms with E-state index in [1.165, 1.54) is 43.8 Å². The molecule has 1 aliphatic carbocycles. The SMILES string of the molecule is O=C(O)/C=C\C=C1CCCCCCC1. The average Bonchev–Trinajstić information content (AvgIpc) is 2.07. The second kappa shape index (κ2) is 6.41. The van der Waals surface area contributed by atoms with Crippen LogP contribution in [0.1, 0.15) is 44.9 Å². The van der Waals surface area contributed by atoms with E-state index in [1.54, 1.807) is 6.08 Å². The van der Waals surface area contributed by atoms with Crippen LogP contribution in [0.5, 0.6) is 0 Å². The van der Waals surface area contributed by atoms with Crippen molar-refractivity contribution < 1.29 is 9.90 Å². The molecule has 78 valence electrons. The molecule has 2 nitrogen and oxygen atoms in total. The molecular formula is C12H18O2. The van der Waals surface area contributed by atoms with Crippen LogP contribution in [0.3, 0.4) is 0 Å². The molecule has 0 aromatic carbocycles. The molecule has 0 spiro atoms. The summed E-state index contributed by atoms with van der Waals surface area (Å²) in [6.45, 7) is 0. The van der Waals surface area contributed by atoms with Gasteiger partial charge in [-0.25, -0.2) is 4.79 Å². The summed E-state index contributed by atoms with van der Waals surface area (Å²) in [6.07, 6.45) is 13.6. The topological polar surface area (TPSA) is 37.3 Å². The molecule has 1 rings (SSSR count). The van der Waals surface area contributed by atoms with E-state index in [0.717, 1.165) is 12.8 Å². The Bertz CT molecular complexity index is 229. The summed E-state index contributed by atoms with van der Waals surface area (Å²) >= 11 is 0. The summed E-state index contributed by atoms with van der Waals surface area (Å²) in [6, 6.07) is 0. The first-order valence-corrected chi connectivity index (χ1v) is 5.38. The zero-order valence-corrected chi connectivity index (χ0v) is 8.54. The van der Waals surface area contributed by atoms with Crippen molar-refractivity contribution in [2.24, 2.45) is 0 Å². The zero-order valence-electron chi connectivity index (χ0n) is 8.54. The zero-order chi connectivity index (χ0) is 10.2. The normalized spacial score (nSPS) is 19.0. The Balaban J connectivity index is 2.42. The fraction of sp³-hybridized carbons (Fsp3) is 0.583. The minimum absolute atomic E-state index is 0.868. The summed E-state index contributed by atoms with van der Waals surface area (Å²) in [5.74, 6) is -0.868. The molecule has 1 fully saturated rings. The van der Waals surface area contributed by atoms with Crippen LogP contribution in [0.25, 0.3) is 0 Å². The van der Waals surface area contributed by atoms with Crippen molar-refractivity contribution in [2.45, 2.75) is 44.9 Å². The predicted octanol–water partition coefficient (Wildman–Crippen LogP) is 3.30. The summed E-state index contributed by atoms with van der Waals surface area (Å²) in [4.78, 5) is 10.2. The summed E-state index contributed by atoms with van der Waals surface area (Å²) < 4.78 is 0. The quantitative estimate of drug-likeness (QED) is 0.685. The van der Waals surface area contributed by atoms with Gasteiger partial charge in [-0.15, -0.1) is 0 Å². The Morgan fingerprint density at radius 1 is 1.07 bits per heavy atom. The van der Waals surface area contributed by atoms with Gasteiger partial charge in [-0.2, -0.15) is 0 Å². The van der Waals surface area contributed by atoms with E-state index in [-0.39, 0.29) is 0 Å². The molecule has 0 aromatic heterocycles. The first kappa shape index (κ1) is 11.0. The number of aliphatic carboxylic acids is 1. The van der Waals surface area contributed by atoms with Crippen LogP contribution < -0.4 is 0 Å². The largest absolute Gasteiger partial charge is 0.478 e. The molecule has 0 atom stereocenters. The number of hydrogen-bond acceptors (Lipinski definition) is 1. The van der Waals surface area contributed by atoms with E-state index in [1.807, 2.05) is 6.08 Å². The van der Waals surface area contributed by atoms with Crippen LogP contribution in [0, 0.1) is 0 Å². The molecule has 0 saturated heterocycles. The van der Waals surface area contributed by atoms with E-state index >= 15 is 0 Å². The Hall–Kier alpha value is -1.05. The lowest BCUT2D eigenvalue weighted by Crippen LogP contribution is -1.91. The van der Waals surface area contributed by atoms with Gasteiger partial charge in [-0.05, 0) is 25.7 Å². The minimum Gasteiger partial charge on any atom is -0.478 e. The fourth-order valence-corrected chi connectivity index (χ4v) is 1.79. The Morgan fingerprint density at radius 3 is 2.21 bits per heavy atom. The van der Waals surface area contributed by atoms with Crippen LogP contribution >= 0.6 is 0 Å². The lowest BCUT2D eigenvalue weighted by Gasteiger charge is -2.10. The van der Waals surface area contributed by atoms with Crippen LogP contribution in [-0.4, -0.2) is 11.1 Å². The Morgan fingerprint density at radius 2 is 1.64 bits per heavy atom. The second-order valence-electron chi connectivity index (χ2n) is 3.79. The van der Waals surface area contributed by atoms with E-state index in [2.05, 4.69) is 0 Å². The van der Waals surface area contributed by atoms with Crippen molar-refractivity contribution in [1.29, 1.82) is 0 Å². The third kappa shape index (κ3) is 4.85. The molecule has 14 heavy (non-hydrogen) atoms. The van der Waals surface area contributed by atoms with Gasteiger partial charge in [-0.3, -0.25) is 0 Å². The molecule has 0 bridgehead atoms. The average molecular weight is 194 g/mol. The minimum atomic E-state index is -0.868. The number of allylic oxidation sites excluding steroid dienone is 3. The third-order valence-electron chi connectivity index (χ3n) is 2.57. The van der Waals surface area contributed by atoms with Crippen LogP contribution in [0.15, 0.2) is 23.8 Å². The molecule has 1 saturated carbocycles. The maximum absolute atomic E-state index is 10.2. The van der Waals surface area contributed by atoms with Crippen LogP contribution in [0.2, 0.25) is 0 Å². The Kier molecular flexibility index (Phi) is 5.05. The van der Waals surface area contributed by atoms with Gasteiger partial charge in [0.05, 0.1) is 0 Å². The number of carbonyl (C=O) groups is 1. The van der Waals surface area contributed by atoms with Crippen molar-refractivity contribution in [2.75, 3.05) is 0 Å². The fourth-order valence-electron chi connectivity index (χ4n) is 1.79. The monoisotopic (exact) mass is 194 g/mol. The number of rotatable bonds is 2. The molecule has 0 aliphatic heterocycles. The molecular weight excluding hydrogens is 176 g/mol. The molecule has 1 aliphatic rings. The molecule has 0 amide bonds. The van der Waals surface area contributed by atoms with Gasteiger partial charge in [0.2, 0.25) is 0 Å². The Labute approximate surface area is 85.3 Å². The van der Waals surface area contributed by atoms with E-state index in [9.17, 15) is 4.79 Å². The number of carboxylic acid groups (broad SMARTS) is 1. The first-order chi connectivity index (χ1) is 6.79. The summed E-state index contributed by atoms with van der Waals surface area (Å²) in [5.41, 5.74) is 1.40. The molecule has 2 heteroatoms. The van der Waals surface area contributed by atoms with Gasteiger partial charge >= 0.3 is 5.97 Å². The standard InChI is InChI=1S/C12H18O2/c13-12(14)10-6-9-11-7-4-2-1-3-5-8-11/h6,9-10H,1-5,7-8H2,(H,13,14)/b10-6-. The van der Waals surface area contributed by atoms with Crippen molar-refractivity contribution in [3.05, 3.63) is 23.8 Å². The number of carboxylic acids is 1. The van der Waals surface area contributed by atoms with Crippen LogP contribution in [0.4, 0.5) is 0 Å². The summed E-state index contributed by atoms with van der Waals surface area (Å²) in [7, 11) is 0. The van der Waals surface area contributed by atoms with Crippen molar-refractivity contribution in [1.82, 2.24) is 0 Å². The third-order valence-corrected chi connectivity index (χ3v) is 2.57. The van der Waals surface area contributed by atoms with E-state index < -0.39 is 5.97 Å². The lowest BCUT2D eigenvalue weighted by atomic mass is 9.96.